The van der Waals surface area contributed by atoms with Crippen LogP contribution in [0.25, 0.3) is 0 Å². The minimum atomic E-state index is -0.239. The fraction of sp³-hybridized carbons (Fsp3) is 0.786. The van der Waals surface area contributed by atoms with Gasteiger partial charge in [0, 0.05) is 64.8 Å². The van der Waals surface area contributed by atoms with Gasteiger partial charge in [0.25, 0.3) is 0 Å². The van der Waals surface area contributed by atoms with E-state index in [-0.39, 0.29) is 6.10 Å². The third-order valence-electron chi connectivity index (χ3n) is 4.37. The van der Waals surface area contributed by atoms with E-state index in [0.29, 0.717) is 6.04 Å². The molecule has 2 fully saturated rings. The Morgan fingerprint density at radius 3 is 2.50 bits per heavy atom. The van der Waals surface area contributed by atoms with Crippen LogP contribution in [-0.4, -0.2) is 95.1 Å². The molecule has 0 spiro atoms. The monoisotopic (exact) mass is 279 g/mol. The number of β-amino-alcohol motifs (C(OH)–C–C–N with tert-alkyl or cyclic N) is 1. The first-order valence-electron chi connectivity index (χ1n) is 7.51. The van der Waals surface area contributed by atoms with Crippen molar-refractivity contribution >= 4 is 0 Å². The molecule has 112 valence electrons. The van der Waals surface area contributed by atoms with Crippen molar-refractivity contribution in [1.82, 2.24) is 24.5 Å². The lowest BCUT2D eigenvalue weighted by Crippen LogP contribution is -2.53. The van der Waals surface area contributed by atoms with Crippen LogP contribution in [-0.2, 0) is 0 Å². The average molecular weight is 279 g/mol. The highest BCUT2D eigenvalue weighted by atomic mass is 16.3. The number of likely N-dealkylation sites (N-methyl/N-ethyl adjacent to an activating group) is 1. The van der Waals surface area contributed by atoms with E-state index in [1.54, 1.807) is 0 Å². The fourth-order valence-electron chi connectivity index (χ4n) is 3.04. The third kappa shape index (κ3) is 3.38. The molecule has 1 atom stereocenters. The molecule has 2 saturated heterocycles. The summed E-state index contributed by atoms with van der Waals surface area (Å²) in [6.45, 7) is 7.95. The zero-order valence-electron chi connectivity index (χ0n) is 12.2. The Kier molecular flexibility index (Phi) is 4.35. The maximum Gasteiger partial charge on any atom is 0.0793 e. The molecule has 2 aliphatic heterocycles. The largest absolute Gasteiger partial charge is 0.390 e. The molecule has 3 heterocycles. The summed E-state index contributed by atoms with van der Waals surface area (Å²) in [5.74, 6) is 0. The van der Waals surface area contributed by atoms with Gasteiger partial charge >= 0.3 is 0 Å². The number of aliphatic hydroxyl groups is 1. The second-order valence-electron chi connectivity index (χ2n) is 6.12. The lowest BCUT2D eigenvalue weighted by molar-refractivity contribution is 0.0171. The van der Waals surface area contributed by atoms with Gasteiger partial charge in [-0.15, -0.1) is 0 Å². The van der Waals surface area contributed by atoms with Gasteiger partial charge in [-0.3, -0.25) is 14.5 Å². The molecule has 1 unspecified atom stereocenters. The normalized spacial score (nSPS) is 24.7. The summed E-state index contributed by atoms with van der Waals surface area (Å²) in [5, 5.41) is 14.5. The summed E-state index contributed by atoms with van der Waals surface area (Å²) in [7, 11) is 2.16. The van der Waals surface area contributed by atoms with Crippen molar-refractivity contribution in [2.45, 2.75) is 12.1 Å². The molecule has 3 rings (SSSR count). The van der Waals surface area contributed by atoms with Gasteiger partial charge in [0.2, 0.25) is 0 Å². The number of nitrogens with zero attached hydrogens (tertiary/aromatic N) is 5. The minimum absolute atomic E-state index is 0.239. The van der Waals surface area contributed by atoms with Gasteiger partial charge in [0.05, 0.1) is 12.1 Å². The number of aliphatic hydroxyl groups excluding tert-OH is 1. The van der Waals surface area contributed by atoms with Crippen molar-refractivity contribution < 1.29 is 5.11 Å². The maximum absolute atomic E-state index is 10.2. The number of aromatic nitrogens is 2. The number of likely N-dealkylation sites (tertiary alicyclic amines) is 1. The van der Waals surface area contributed by atoms with Crippen molar-refractivity contribution in [3.05, 3.63) is 18.5 Å². The van der Waals surface area contributed by atoms with Crippen LogP contribution >= 0.6 is 0 Å². The first kappa shape index (κ1) is 14.0. The SMILES string of the molecule is CN1CCN(CC(O)CN2CC(n3cccn3)C2)CC1. The van der Waals surface area contributed by atoms with Crippen LogP contribution in [0, 0.1) is 0 Å². The van der Waals surface area contributed by atoms with E-state index in [9.17, 15) is 5.11 Å². The highest BCUT2D eigenvalue weighted by Crippen LogP contribution is 2.20. The van der Waals surface area contributed by atoms with E-state index in [2.05, 4.69) is 26.8 Å². The topological polar surface area (TPSA) is 47.8 Å². The van der Waals surface area contributed by atoms with Crippen molar-refractivity contribution in [3.63, 3.8) is 0 Å². The Morgan fingerprint density at radius 1 is 1.15 bits per heavy atom. The highest BCUT2D eigenvalue weighted by Gasteiger charge is 2.30. The van der Waals surface area contributed by atoms with E-state index >= 15 is 0 Å². The summed E-state index contributed by atoms with van der Waals surface area (Å²) in [6, 6.07) is 2.45. The van der Waals surface area contributed by atoms with E-state index in [1.807, 2.05) is 23.1 Å². The molecular weight excluding hydrogens is 254 g/mol. The molecule has 0 saturated carbocycles. The summed E-state index contributed by atoms with van der Waals surface area (Å²) in [4.78, 5) is 7.02. The number of rotatable bonds is 5. The molecule has 0 bridgehead atoms. The minimum Gasteiger partial charge on any atom is -0.390 e. The van der Waals surface area contributed by atoms with Crippen molar-refractivity contribution in [2.24, 2.45) is 0 Å². The number of piperazine rings is 1. The van der Waals surface area contributed by atoms with Crippen LogP contribution < -0.4 is 0 Å². The Balaban J connectivity index is 1.35. The first-order valence-corrected chi connectivity index (χ1v) is 7.51. The lowest BCUT2D eigenvalue weighted by atomic mass is 10.1. The summed E-state index contributed by atoms with van der Waals surface area (Å²) < 4.78 is 2.02. The lowest BCUT2D eigenvalue weighted by Gasteiger charge is -2.41. The average Bonchev–Trinajstić information content (AvgIpc) is 2.89. The van der Waals surface area contributed by atoms with Gasteiger partial charge < -0.3 is 10.0 Å². The first-order chi connectivity index (χ1) is 9.70. The van der Waals surface area contributed by atoms with Gasteiger partial charge in [0.1, 0.15) is 0 Å². The van der Waals surface area contributed by atoms with Crippen LogP contribution in [0.15, 0.2) is 18.5 Å². The summed E-state index contributed by atoms with van der Waals surface area (Å²) in [5.41, 5.74) is 0. The van der Waals surface area contributed by atoms with Crippen LogP contribution in [0.3, 0.4) is 0 Å². The van der Waals surface area contributed by atoms with Crippen LogP contribution in [0.1, 0.15) is 6.04 Å². The molecule has 1 aromatic heterocycles. The molecule has 6 heteroatoms. The molecule has 1 aromatic rings. The van der Waals surface area contributed by atoms with Crippen LogP contribution in [0.2, 0.25) is 0 Å². The molecule has 0 aliphatic carbocycles. The van der Waals surface area contributed by atoms with Gasteiger partial charge in [-0.05, 0) is 13.1 Å². The van der Waals surface area contributed by atoms with Gasteiger partial charge in [-0.2, -0.15) is 5.10 Å². The quantitative estimate of drug-likeness (QED) is 0.776. The zero-order valence-corrected chi connectivity index (χ0v) is 12.2. The molecule has 1 N–H and O–H groups in total. The van der Waals surface area contributed by atoms with E-state index < -0.39 is 0 Å². The second kappa shape index (κ2) is 6.22. The molecule has 0 aromatic carbocycles. The van der Waals surface area contributed by atoms with Crippen LogP contribution in [0.4, 0.5) is 0 Å². The maximum atomic E-state index is 10.2. The van der Waals surface area contributed by atoms with Crippen molar-refractivity contribution in [3.8, 4) is 0 Å². The molecule has 6 nitrogen and oxygen atoms in total. The summed E-state index contributed by atoms with van der Waals surface area (Å²) in [6.07, 6.45) is 3.60. The molecule has 0 amide bonds. The van der Waals surface area contributed by atoms with E-state index in [4.69, 9.17) is 0 Å². The standard InChI is InChI=1S/C14H25N5O/c1-16-5-7-17(8-6-16)11-14(20)12-18-9-13(10-18)19-4-2-3-15-19/h2-4,13-14,20H,5-12H2,1H3. The molecule has 0 radical (unpaired) electrons. The van der Waals surface area contributed by atoms with E-state index in [1.165, 1.54) is 0 Å². The predicted molar refractivity (Wildman–Crippen MR) is 77.6 cm³/mol. The molecule has 2 aliphatic rings. The Bertz CT molecular complexity index is 396. The van der Waals surface area contributed by atoms with Crippen molar-refractivity contribution in [1.29, 1.82) is 0 Å². The highest BCUT2D eigenvalue weighted by molar-refractivity contribution is 4.90. The zero-order chi connectivity index (χ0) is 13.9. The Labute approximate surface area is 120 Å². The fourth-order valence-corrected chi connectivity index (χ4v) is 3.04. The Hall–Kier alpha value is -0.950. The van der Waals surface area contributed by atoms with Gasteiger partial charge in [0.15, 0.2) is 0 Å². The number of hydrogen-bond acceptors (Lipinski definition) is 5. The van der Waals surface area contributed by atoms with Crippen LogP contribution in [0.5, 0.6) is 0 Å². The summed E-state index contributed by atoms with van der Waals surface area (Å²) >= 11 is 0. The van der Waals surface area contributed by atoms with E-state index in [0.717, 1.165) is 52.4 Å². The number of hydrogen-bond donors (Lipinski definition) is 1. The van der Waals surface area contributed by atoms with Gasteiger partial charge in [-0.25, -0.2) is 0 Å². The molecular formula is C14H25N5O. The Morgan fingerprint density at radius 2 is 1.85 bits per heavy atom. The predicted octanol–water partition coefficient (Wildman–Crippen LogP) is -0.652. The second-order valence-corrected chi connectivity index (χ2v) is 6.12. The third-order valence-corrected chi connectivity index (χ3v) is 4.37. The molecule has 20 heavy (non-hydrogen) atoms. The van der Waals surface area contributed by atoms with Gasteiger partial charge in [-0.1, -0.05) is 0 Å². The van der Waals surface area contributed by atoms with Crippen molar-refractivity contribution in [2.75, 3.05) is 59.4 Å². The smallest absolute Gasteiger partial charge is 0.0793 e.